The van der Waals surface area contributed by atoms with Crippen LogP contribution in [0.2, 0.25) is 0 Å². The van der Waals surface area contributed by atoms with E-state index < -0.39 is 0 Å². The van der Waals surface area contributed by atoms with Gasteiger partial charge in [-0.25, -0.2) is 0 Å². The lowest BCUT2D eigenvalue weighted by Gasteiger charge is -2.22. The van der Waals surface area contributed by atoms with Crippen molar-refractivity contribution in [3.05, 3.63) is 58.3 Å². The summed E-state index contributed by atoms with van der Waals surface area (Å²) in [6.45, 7) is 0. The summed E-state index contributed by atoms with van der Waals surface area (Å²) in [5.41, 5.74) is 1.67. The normalized spacial score (nSPS) is 12.7. The number of H-pyrrole nitrogens is 1. The summed E-state index contributed by atoms with van der Waals surface area (Å²) in [5, 5.41) is 0.425. The lowest BCUT2D eigenvalue weighted by molar-refractivity contribution is 0.0974. The van der Waals surface area contributed by atoms with Gasteiger partial charge in [0.25, 0.3) is 0 Å². The first-order valence-electron chi connectivity index (χ1n) is 7.56. The zero-order valence-corrected chi connectivity index (χ0v) is 13.5. The molecule has 0 amide bonds. The van der Waals surface area contributed by atoms with Crippen LogP contribution in [0.25, 0.3) is 10.9 Å². The number of aldehydes is 1. The molecule has 4 rings (SSSR count). The van der Waals surface area contributed by atoms with Crippen LogP contribution in [0.3, 0.4) is 0 Å². The summed E-state index contributed by atoms with van der Waals surface area (Å²) in [4.78, 5) is 40.5. The predicted octanol–water partition coefficient (Wildman–Crippen LogP) is 2.77. The van der Waals surface area contributed by atoms with Crippen LogP contribution < -0.4 is 9.47 Å². The van der Waals surface area contributed by atoms with Gasteiger partial charge < -0.3 is 14.5 Å². The van der Waals surface area contributed by atoms with E-state index in [2.05, 4.69) is 4.98 Å². The van der Waals surface area contributed by atoms with Gasteiger partial charge in [-0.05, 0) is 0 Å². The molecular formula is C19H13NO5. The Balaban J connectivity index is 2.22. The highest BCUT2D eigenvalue weighted by Crippen LogP contribution is 2.45. The molecule has 0 spiro atoms. The van der Waals surface area contributed by atoms with Gasteiger partial charge in [-0.2, -0.15) is 0 Å². The Morgan fingerprint density at radius 1 is 0.920 bits per heavy atom. The fourth-order valence-electron chi connectivity index (χ4n) is 3.42. The summed E-state index contributed by atoms with van der Waals surface area (Å²) >= 11 is 0. The maximum atomic E-state index is 13.1. The van der Waals surface area contributed by atoms with Crippen molar-refractivity contribution in [2.75, 3.05) is 14.2 Å². The number of carbonyl (C=O) groups excluding carboxylic acids is 3. The van der Waals surface area contributed by atoms with E-state index in [4.69, 9.17) is 9.47 Å². The van der Waals surface area contributed by atoms with Crippen LogP contribution in [0.4, 0.5) is 0 Å². The second-order valence-corrected chi connectivity index (χ2v) is 5.63. The summed E-state index contributed by atoms with van der Waals surface area (Å²) in [7, 11) is 2.82. The molecule has 124 valence electrons. The molecule has 0 fully saturated rings. The fraction of sp³-hybridized carbons (Fsp3) is 0.105. The minimum Gasteiger partial charge on any atom is -0.495 e. The van der Waals surface area contributed by atoms with Gasteiger partial charge in [-0.15, -0.1) is 0 Å². The Bertz CT molecular complexity index is 1080. The summed E-state index contributed by atoms with van der Waals surface area (Å²) in [6, 6.07) is 6.62. The van der Waals surface area contributed by atoms with Crippen molar-refractivity contribution in [3.8, 4) is 11.5 Å². The Morgan fingerprint density at radius 2 is 1.48 bits per heavy atom. The van der Waals surface area contributed by atoms with Gasteiger partial charge in [0.1, 0.15) is 5.75 Å². The molecule has 1 heterocycles. The summed E-state index contributed by atoms with van der Waals surface area (Å²) in [6.07, 6.45) is 2.16. The molecule has 6 nitrogen and oxygen atoms in total. The average molecular weight is 335 g/mol. The first-order chi connectivity index (χ1) is 12.1. The molecule has 0 saturated heterocycles. The largest absolute Gasteiger partial charge is 0.495 e. The average Bonchev–Trinajstić information content (AvgIpc) is 3.07. The molecule has 0 radical (unpaired) electrons. The number of fused-ring (bicyclic) bond motifs is 3. The van der Waals surface area contributed by atoms with Crippen molar-refractivity contribution in [1.29, 1.82) is 0 Å². The van der Waals surface area contributed by atoms with E-state index in [1.165, 1.54) is 20.4 Å². The summed E-state index contributed by atoms with van der Waals surface area (Å²) in [5.74, 6) is -0.224. The van der Waals surface area contributed by atoms with Crippen LogP contribution >= 0.6 is 0 Å². The van der Waals surface area contributed by atoms with E-state index in [9.17, 15) is 14.4 Å². The Hall–Kier alpha value is -3.41. The van der Waals surface area contributed by atoms with Crippen LogP contribution in [0.1, 0.15) is 42.2 Å². The first-order valence-corrected chi connectivity index (χ1v) is 7.56. The Labute approximate surface area is 142 Å². The third-order valence-electron chi connectivity index (χ3n) is 4.47. The van der Waals surface area contributed by atoms with E-state index in [0.717, 1.165) is 0 Å². The number of aromatic amines is 1. The third-order valence-corrected chi connectivity index (χ3v) is 4.47. The van der Waals surface area contributed by atoms with Crippen molar-refractivity contribution in [3.63, 3.8) is 0 Å². The Morgan fingerprint density at radius 3 is 2.00 bits per heavy atom. The minimum absolute atomic E-state index is 0.123. The van der Waals surface area contributed by atoms with Gasteiger partial charge >= 0.3 is 0 Å². The highest BCUT2D eigenvalue weighted by molar-refractivity contribution is 6.32. The topological polar surface area (TPSA) is 85.5 Å². The molecule has 2 aromatic carbocycles. The molecule has 1 aliphatic rings. The van der Waals surface area contributed by atoms with E-state index in [0.29, 0.717) is 33.9 Å². The Kier molecular flexibility index (Phi) is 3.21. The van der Waals surface area contributed by atoms with Crippen LogP contribution in [0, 0.1) is 0 Å². The van der Waals surface area contributed by atoms with Crippen molar-refractivity contribution >= 4 is 28.8 Å². The standard InChI is InChI=1S/C19H13NO5/c1-24-18-12-9(8-21)7-20-15(12)19(25-2)14-13(18)16(22)10-5-3-4-6-11(10)17(14)23/h3-8,20H,1-2H3. The number of hydrogen-bond acceptors (Lipinski definition) is 5. The molecule has 1 N–H and O–H groups in total. The number of hydrogen-bond donors (Lipinski definition) is 1. The van der Waals surface area contributed by atoms with Crippen LogP contribution in [0.5, 0.6) is 11.5 Å². The lowest BCUT2D eigenvalue weighted by atomic mass is 9.82. The molecule has 25 heavy (non-hydrogen) atoms. The molecule has 3 aromatic rings. The second-order valence-electron chi connectivity index (χ2n) is 5.63. The highest BCUT2D eigenvalue weighted by Gasteiger charge is 2.37. The number of aromatic nitrogens is 1. The summed E-state index contributed by atoms with van der Waals surface area (Å²) < 4.78 is 10.9. The number of carbonyl (C=O) groups is 3. The van der Waals surface area contributed by atoms with Gasteiger partial charge in [0.2, 0.25) is 0 Å². The van der Waals surface area contributed by atoms with Crippen molar-refractivity contribution < 1.29 is 23.9 Å². The van der Waals surface area contributed by atoms with E-state index in [-0.39, 0.29) is 34.2 Å². The SMILES string of the molecule is COc1c2c(c(OC)c3c(C=O)c[nH]c13)C(=O)c1ccccc1C2=O. The van der Waals surface area contributed by atoms with Crippen molar-refractivity contribution in [2.45, 2.75) is 0 Å². The smallest absolute Gasteiger partial charge is 0.198 e. The highest BCUT2D eigenvalue weighted by atomic mass is 16.5. The molecule has 6 heteroatoms. The van der Waals surface area contributed by atoms with Gasteiger partial charge in [0, 0.05) is 22.9 Å². The molecule has 0 atom stereocenters. The van der Waals surface area contributed by atoms with Gasteiger partial charge in [0.15, 0.2) is 23.6 Å². The predicted molar refractivity (Wildman–Crippen MR) is 90.1 cm³/mol. The first kappa shape index (κ1) is 15.1. The van der Waals surface area contributed by atoms with Crippen LogP contribution in [0.15, 0.2) is 30.5 Å². The molecule has 0 aliphatic heterocycles. The molecule has 1 aliphatic carbocycles. The van der Waals surface area contributed by atoms with Crippen LogP contribution in [-0.4, -0.2) is 37.1 Å². The lowest BCUT2D eigenvalue weighted by Crippen LogP contribution is -2.22. The maximum absolute atomic E-state index is 13.1. The number of nitrogens with one attached hydrogen (secondary N) is 1. The number of benzene rings is 2. The van der Waals surface area contributed by atoms with E-state index >= 15 is 0 Å². The number of methoxy groups -OCH3 is 2. The van der Waals surface area contributed by atoms with E-state index in [1.54, 1.807) is 24.3 Å². The third kappa shape index (κ3) is 1.82. The quantitative estimate of drug-likeness (QED) is 0.582. The number of ketones is 2. The van der Waals surface area contributed by atoms with E-state index in [1.807, 2.05) is 0 Å². The van der Waals surface area contributed by atoms with Crippen LogP contribution in [-0.2, 0) is 0 Å². The molecule has 0 bridgehead atoms. The molecule has 0 saturated carbocycles. The number of ether oxygens (including phenoxy) is 2. The molecule has 0 unspecified atom stereocenters. The molecule has 1 aromatic heterocycles. The number of rotatable bonds is 3. The van der Waals surface area contributed by atoms with Gasteiger partial charge in [-0.1, -0.05) is 24.3 Å². The fourth-order valence-corrected chi connectivity index (χ4v) is 3.42. The molecular weight excluding hydrogens is 322 g/mol. The second kappa shape index (κ2) is 5.31. The van der Waals surface area contributed by atoms with Crippen molar-refractivity contribution in [1.82, 2.24) is 4.98 Å². The minimum atomic E-state index is -0.333. The van der Waals surface area contributed by atoms with Gasteiger partial charge in [-0.3, -0.25) is 14.4 Å². The van der Waals surface area contributed by atoms with Gasteiger partial charge in [0.05, 0.1) is 36.2 Å². The zero-order valence-electron chi connectivity index (χ0n) is 13.5. The maximum Gasteiger partial charge on any atom is 0.198 e. The van der Waals surface area contributed by atoms with Crippen molar-refractivity contribution in [2.24, 2.45) is 0 Å². The zero-order chi connectivity index (χ0) is 17.7. The monoisotopic (exact) mass is 335 g/mol.